The van der Waals surface area contributed by atoms with E-state index in [2.05, 4.69) is 5.32 Å². The third kappa shape index (κ3) is 5.69. The highest BCUT2D eigenvalue weighted by atomic mass is 16.5. The molecule has 21 heavy (non-hydrogen) atoms. The lowest BCUT2D eigenvalue weighted by molar-refractivity contribution is -0.142. The van der Waals surface area contributed by atoms with Crippen LogP contribution in [0.25, 0.3) is 6.08 Å². The monoisotopic (exact) mass is 291 g/mol. The van der Waals surface area contributed by atoms with Gasteiger partial charge in [-0.15, -0.1) is 0 Å². The second-order valence-electron chi connectivity index (χ2n) is 4.91. The van der Waals surface area contributed by atoms with E-state index < -0.39 is 17.9 Å². The van der Waals surface area contributed by atoms with Gasteiger partial charge in [0.2, 0.25) is 5.91 Å². The number of hydrogen-bond acceptors (Lipinski definition) is 3. The Hall–Kier alpha value is -2.30. The van der Waals surface area contributed by atoms with Gasteiger partial charge in [0.25, 0.3) is 0 Å². The molecule has 0 aliphatic carbocycles. The van der Waals surface area contributed by atoms with Crippen LogP contribution >= 0.6 is 0 Å². The van der Waals surface area contributed by atoms with Crippen molar-refractivity contribution in [3.8, 4) is 5.75 Å². The maximum Gasteiger partial charge on any atom is 0.326 e. The van der Waals surface area contributed by atoms with E-state index in [0.29, 0.717) is 6.61 Å². The molecule has 0 saturated heterocycles. The zero-order valence-electron chi connectivity index (χ0n) is 12.5. The number of aliphatic carboxylic acids is 1. The van der Waals surface area contributed by atoms with Crippen LogP contribution in [0.3, 0.4) is 0 Å². The Balaban J connectivity index is 2.69. The van der Waals surface area contributed by atoms with Crippen molar-refractivity contribution in [3.05, 3.63) is 35.9 Å². The highest BCUT2D eigenvalue weighted by molar-refractivity contribution is 5.94. The summed E-state index contributed by atoms with van der Waals surface area (Å²) in [6.45, 7) is 5.96. The average Bonchev–Trinajstić information content (AvgIpc) is 2.42. The van der Waals surface area contributed by atoms with E-state index in [9.17, 15) is 9.59 Å². The van der Waals surface area contributed by atoms with E-state index in [4.69, 9.17) is 9.84 Å². The molecule has 0 bridgehead atoms. The van der Waals surface area contributed by atoms with Gasteiger partial charge in [-0.25, -0.2) is 4.79 Å². The molecule has 0 spiro atoms. The molecule has 1 aromatic carbocycles. The SMILES string of the molecule is CCOc1cccc(/C=C/C(=O)N[C@H](C(=O)O)C(C)C)c1. The second kappa shape index (κ2) is 8.09. The first-order valence-electron chi connectivity index (χ1n) is 6.88. The van der Waals surface area contributed by atoms with Crippen LogP contribution < -0.4 is 10.1 Å². The van der Waals surface area contributed by atoms with Gasteiger partial charge in [0, 0.05) is 6.08 Å². The highest BCUT2D eigenvalue weighted by Crippen LogP contribution is 2.14. The van der Waals surface area contributed by atoms with E-state index in [0.717, 1.165) is 11.3 Å². The number of rotatable bonds is 7. The van der Waals surface area contributed by atoms with Crippen LogP contribution in [-0.4, -0.2) is 29.6 Å². The molecule has 0 unspecified atom stereocenters. The molecule has 0 aliphatic heterocycles. The molecule has 0 aliphatic rings. The Morgan fingerprint density at radius 1 is 1.38 bits per heavy atom. The van der Waals surface area contributed by atoms with Gasteiger partial charge in [-0.2, -0.15) is 0 Å². The molecule has 5 heteroatoms. The lowest BCUT2D eigenvalue weighted by Crippen LogP contribution is -2.43. The number of carboxylic acids is 1. The Bertz CT molecular complexity index is 523. The van der Waals surface area contributed by atoms with Gasteiger partial charge in [0.05, 0.1) is 6.61 Å². The summed E-state index contributed by atoms with van der Waals surface area (Å²) in [5.41, 5.74) is 0.813. The summed E-state index contributed by atoms with van der Waals surface area (Å²) in [4.78, 5) is 22.8. The standard InChI is InChI=1S/C16H21NO4/c1-4-21-13-7-5-6-12(10-13)8-9-14(18)17-15(11(2)3)16(19)20/h5-11,15H,4H2,1-3H3,(H,17,18)(H,19,20)/b9-8+/t15-/m0/s1. The smallest absolute Gasteiger partial charge is 0.326 e. The molecule has 0 radical (unpaired) electrons. The van der Waals surface area contributed by atoms with Crippen molar-refractivity contribution in [2.75, 3.05) is 6.61 Å². The fourth-order valence-corrected chi connectivity index (χ4v) is 1.76. The van der Waals surface area contributed by atoms with Crippen LogP contribution in [-0.2, 0) is 9.59 Å². The van der Waals surface area contributed by atoms with Crippen molar-refractivity contribution in [3.63, 3.8) is 0 Å². The lowest BCUT2D eigenvalue weighted by Gasteiger charge is -2.16. The van der Waals surface area contributed by atoms with Gasteiger partial charge >= 0.3 is 5.97 Å². The predicted octanol–water partition coefficient (Wildman–Crippen LogP) is 2.32. The van der Waals surface area contributed by atoms with Gasteiger partial charge < -0.3 is 15.2 Å². The number of nitrogens with one attached hydrogen (secondary N) is 1. The molecule has 1 aromatic rings. The third-order valence-electron chi connectivity index (χ3n) is 2.83. The second-order valence-corrected chi connectivity index (χ2v) is 4.91. The molecule has 0 heterocycles. The molecule has 1 atom stereocenters. The number of hydrogen-bond donors (Lipinski definition) is 2. The van der Waals surface area contributed by atoms with E-state index in [1.807, 2.05) is 31.2 Å². The minimum absolute atomic E-state index is 0.180. The molecule has 1 rings (SSSR count). The van der Waals surface area contributed by atoms with Crippen LogP contribution in [0, 0.1) is 5.92 Å². The normalized spacial score (nSPS) is 12.4. The molecule has 2 N–H and O–H groups in total. The Kier molecular flexibility index (Phi) is 6.46. The first-order chi connectivity index (χ1) is 9.93. The van der Waals surface area contributed by atoms with Crippen molar-refractivity contribution < 1.29 is 19.4 Å². The quantitative estimate of drug-likeness (QED) is 0.756. The summed E-state index contributed by atoms with van der Waals surface area (Å²) in [5.74, 6) is -0.921. The highest BCUT2D eigenvalue weighted by Gasteiger charge is 2.22. The summed E-state index contributed by atoms with van der Waals surface area (Å²) in [6, 6.07) is 6.42. The number of carboxylic acid groups (broad SMARTS) is 1. The van der Waals surface area contributed by atoms with Gasteiger partial charge in [0.1, 0.15) is 11.8 Å². The average molecular weight is 291 g/mol. The number of amides is 1. The van der Waals surface area contributed by atoms with Crippen LogP contribution in [0.2, 0.25) is 0 Å². The van der Waals surface area contributed by atoms with E-state index in [-0.39, 0.29) is 5.92 Å². The molecular weight excluding hydrogens is 270 g/mol. The summed E-state index contributed by atoms with van der Waals surface area (Å²) in [6.07, 6.45) is 2.94. The Morgan fingerprint density at radius 3 is 2.67 bits per heavy atom. The minimum atomic E-state index is -1.04. The first kappa shape index (κ1) is 16.8. The molecule has 0 fully saturated rings. The first-order valence-corrected chi connectivity index (χ1v) is 6.88. The zero-order valence-corrected chi connectivity index (χ0v) is 12.5. The van der Waals surface area contributed by atoms with Crippen LogP contribution in [0.4, 0.5) is 0 Å². The predicted molar refractivity (Wildman–Crippen MR) is 81.0 cm³/mol. The van der Waals surface area contributed by atoms with E-state index in [1.165, 1.54) is 6.08 Å². The number of carbonyl (C=O) groups excluding carboxylic acids is 1. The largest absolute Gasteiger partial charge is 0.494 e. The fourth-order valence-electron chi connectivity index (χ4n) is 1.76. The van der Waals surface area contributed by atoms with Crippen molar-refractivity contribution >= 4 is 18.0 Å². The minimum Gasteiger partial charge on any atom is -0.494 e. The third-order valence-corrected chi connectivity index (χ3v) is 2.83. The van der Waals surface area contributed by atoms with Crippen LogP contribution in [0.15, 0.2) is 30.3 Å². The van der Waals surface area contributed by atoms with Crippen molar-refractivity contribution in [2.24, 2.45) is 5.92 Å². The molecule has 114 valence electrons. The number of carbonyl (C=O) groups is 2. The molecular formula is C16H21NO4. The topological polar surface area (TPSA) is 75.6 Å². The number of benzene rings is 1. The van der Waals surface area contributed by atoms with Gasteiger partial charge in [-0.3, -0.25) is 4.79 Å². The van der Waals surface area contributed by atoms with Crippen molar-refractivity contribution in [1.82, 2.24) is 5.32 Å². The molecule has 5 nitrogen and oxygen atoms in total. The van der Waals surface area contributed by atoms with Crippen LogP contribution in [0.5, 0.6) is 5.75 Å². The summed E-state index contributed by atoms with van der Waals surface area (Å²) < 4.78 is 5.37. The van der Waals surface area contributed by atoms with E-state index in [1.54, 1.807) is 19.9 Å². The fraction of sp³-hybridized carbons (Fsp3) is 0.375. The van der Waals surface area contributed by atoms with Crippen molar-refractivity contribution in [2.45, 2.75) is 26.8 Å². The number of ether oxygens (including phenoxy) is 1. The maximum absolute atomic E-state index is 11.8. The Labute approximate surface area is 124 Å². The van der Waals surface area contributed by atoms with Crippen LogP contribution in [0.1, 0.15) is 26.3 Å². The molecule has 1 amide bonds. The molecule has 0 saturated carbocycles. The van der Waals surface area contributed by atoms with Gasteiger partial charge in [-0.1, -0.05) is 26.0 Å². The summed E-state index contributed by atoms with van der Waals surface area (Å²) in [7, 11) is 0. The van der Waals surface area contributed by atoms with Gasteiger partial charge in [-0.05, 0) is 36.6 Å². The maximum atomic E-state index is 11.8. The zero-order chi connectivity index (χ0) is 15.8. The summed E-state index contributed by atoms with van der Waals surface area (Å²) in [5, 5.41) is 11.5. The van der Waals surface area contributed by atoms with Gasteiger partial charge in [0.15, 0.2) is 0 Å². The lowest BCUT2D eigenvalue weighted by atomic mass is 10.0. The molecule has 0 aromatic heterocycles. The Morgan fingerprint density at radius 2 is 2.10 bits per heavy atom. The summed E-state index contributed by atoms with van der Waals surface area (Å²) >= 11 is 0. The van der Waals surface area contributed by atoms with E-state index >= 15 is 0 Å². The van der Waals surface area contributed by atoms with Crippen molar-refractivity contribution in [1.29, 1.82) is 0 Å².